The summed E-state index contributed by atoms with van der Waals surface area (Å²) in [7, 11) is 4.21. The number of carbonyl (C=O) groups excluding carboxylic acids is 3. The van der Waals surface area contributed by atoms with Gasteiger partial charge in [0.15, 0.2) is 11.6 Å². The molecule has 3 rings (SSSR count). The third-order valence-corrected chi connectivity index (χ3v) is 5.33. The first-order chi connectivity index (χ1) is 13.7. The number of hydrogen-bond acceptors (Lipinski definition) is 5. The van der Waals surface area contributed by atoms with Gasteiger partial charge in [-0.15, -0.1) is 0 Å². The number of likely N-dealkylation sites (N-methyl/N-ethyl adjacent to an activating group) is 1. The molecule has 0 heterocycles. The van der Waals surface area contributed by atoms with Gasteiger partial charge in [0.05, 0.1) is 43.1 Å². The molecular formula is C22H26N3O4+. The second-order valence-electron chi connectivity index (χ2n) is 7.79. The highest BCUT2D eigenvalue weighted by molar-refractivity contribution is 6.32. The van der Waals surface area contributed by atoms with Gasteiger partial charge in [-0.05, 0) is 25.1 Å². The third kappa shape index (κ3) is 3.86. The standard InChI is InChI=1S/C22H25N3O4/c1-5-25(3,4)11-12-29-17-10-9-15-19(20(17)23)22(28)14-7-6-8-16(24-13(2)26)18(14)21(15)27/h6-10H,5,11-12H2,1-4H3,(H2-,23,24,26,27,28)/p+1. The normalized spacial score (nSPS) is 13.0. The summed E-state index contributed by atoms with van der Waals surface area (Å²) < 4.78 is 6.62. The molecule has 0 saturated carbocycles. The second-order valence-corrected chi connectivity index (χ2v) is 7.79. The van der Waals surface area contributed by atoms with Crippen LogP contribution in [0, 0.1) is 0 Å². The molecule has 3 N–H and O–H groups in total. The molecule has 1 aliphatic carbocycles. The van der Waals surface area contributed by atoms with E-state index in [2.05, 4.69) is 26.3 Å². The molecule has 0 aromatic heterocycles. The van der Waals surface area contributed by atoms with Gasteiger partial charge in [-0.1, -0.05) is 12.1 Å². The molecule has 0 atom stereocenters. The molecule has 0 unspecified atom stereocenters. The second kappa shape index (κ2) is 7.67. The zero-order chi connectivity index (χ0) is 21.3. The zero-order valence-corrected chi connectivity index (χ0v) is 17.2. The van der Waals surface area contributed by atoms with Crippen LogP contribution in [0.4, 0.5) is 11.4 Å². The Balaban J connectivity index is 1.97. The maximum absolute atomic E-state index is 13.1. The molecule has 0 spiro atoms. The number of rotatable bonds is 6. The molecule has 0 fully saturated rings. The third-order valence-electron chi connectivity index (χ3n) is 5.33. The monoisotopic (exact) mass is 396 g/mol. The number of ether oxygens (including phenoxy) is 1. The largest absolute Gasteiger partial charge is 0.486 e. The number of carbonyl (C=O) groups is 3. The summed E-state index contributed by atoms with van der Waals surface area (Å²) in [6.07, 6.45) is 0. The van der Waals surface area contributed by atoms with Crippen LogP contribution in [0.1, 0.15) is 45.7 Å². The van der Waals surface area contributed by atoms with Crippen molar-refractivity contribution in [3.05, 3.63) is 52.6 Å². The Morgan fingerprint density at radius 3 is 2.38 bits per heavy atom. The molecule has 29 heavy (non-hydrogen) atoms. The van der Waals surface area contributed by atoms with Gasteiger partial charge in [0.2, 0.25) is 5.91 Å². The predicted octanol–water partition coefficient (Wildman–Crippen LogP) is 2.48. The summed E-state index contributed by atoms with van der Waals surface area (Å²) in [5, 5.41) is 2.62. The van der Waals surface area contributed by atoms with E-state index in [0.29, 0.717) is 18.0 Å². The van der Waals surface area contributed by atoms with Crippen molar-refractivity contribution in [2.75, 3.05) is 44.8 Å². The minimum absolute atomic E-state index is 0.157. The van der Waals surface area contributed by atoms with Crippen LogP contribution in [0.2, 0.25) is 0 Å². The van der Waals surface area contributed by atoms with Crippen molar-refractivity contribution >= 4 is 28.8 Å². The lowest BCUT2D eigenvalue weighted by Gasteiger charge is -2.28. The number of ketones is 2. The number of nitrogens with two attached hydrogens (primary N) is 1. The predicted molar refractivity (Wildman–Crippen MR) is 111 cm³/mol. The number of benzene rings is 2. The van der Waals surface area contributed by atoms with Crippen LogP contribution in [0.3, 0.4) is 0 Å². The quantitative estimate of drug-likeness (QED) is 0.493. The molecule has 7 heteroatoms. The Morgan fingerprint density at radius 1 is 1.07 bits per heavy atom. The van der Waals surface area contributed by atoms with Crippen LogP contribution >= 0.6 is 0 Å². The van der Waals surface area contributed by atoms with Gasteiger partial charge in [0.25, 0.3) is 0 Å². The number of hydrogen-bond donors (Lipinski definition) is 2. The molecule has 7 nitrogen and oxygen atoms in total. The molecular weight excluding hydrogens is 370 g/mol. The number of quaternary nitrogens is 1. The summed E-state index contributed by atoms with van der Waals surface area (Å²) in [6.45, 7) is 5.63. The molecule has 2 aromatic carbocycles. The van der Waals surface area contributed by atoms with Gasteiger partial charge in [-0.2, -0.15) is 0 Å². The maximum atomic E-state index is 13.1. The first-order valence-corrected chi connectivity index (χ1v) is 9.53. The van der Waals surface area contributed by atoms with Crippen LogP contribution in [0.15, 0.2) is 30.3 Å². The van der Waals surface area contributed by atoms with Crippen molar-refractivity contribution in [1.29, 1.82) is 0 Å². The van der Waals surface area contributed by atoms with E-state index in [9.17, 15) is 14.4 Å². The molecule has 0 aliphatic heterocycles. The van der Waals surface area contributed by atoms with Crippen LogP contribution in [0.25, 0.3) is 0 Å². The fourth-order valence-electron chi connectivity index (χ4n) is 3.27. The SMILES string of the molecule is CC[N+](C)(C)CCOc1ccc2c(c1N)C(=O)c1cccc(NC(C)=O)c1C2=O. The van der Waals surface area contributed by atoms with E-state index < -0.39 is 0 Å². The van der Waals surface area contributed by atoms with Crippen molar-refractivity contribution in [3.63, 3.8) is 0 Å². The van der Waals surface area contributed by atoms with E-state index >= 15 is 0 Å². The molecule has 0 bridgehead atoms. The Hall–Kier alpha value is -3.19. The highest BCUT2D eigenvalue weighted by Crippen LogP contribution is 2.38. The Labute approximate surface area is 170 Å². The molecule has 152 valence electrons. The van der Waals surface area contributed by atoms with Crippen LogP contribution in [-0.2, 0) is 4.79 Å². The number of amides is 1. The first kappa shape index (κ1) is 20.5. The number of nitrogens with one attached hydrogen (secondary N) is 1. The first-order valence-electron chi connectivity index (χ1n) is 9.53. The molecule has 1 amide bonds. The summed E-state index contributed by atoms with van der Waals surface area (Å²) in [4.78, 5) is 37.7. The van der Waals surface area contributed by atoms with Crippen LogP contribution in [0.5, 0.6) is 5.75 Å². The minimum Gasteiger partial charge on any atom is -0.486 e. The van der Waals surface area contributed by atoms with E-state index in [1.165, 1.54) is 6.92 Å². The Morgan fingerprint density at radius 2 is 1.72 bits per heavy atom. The van der Waals surface area contributed by atoms with E-state index in [1.807, 2.05) is 0 Å². The smallest absolute Gasteiger partial charge is 0.221 e. The molecule has 0 radical (unpaired) electrons. The molecule has 0 saturated heterocycles. The van der Waals surface area contributed by atoms with Crippen molar-refractivity contribution in [2.24, 2.45) is 0 Å². The van der Waals surface area contributed by atoms with Crippen molar-refractivity contribution in [2.45, 2.75) is 13.8 Å². The Kier molecular flexibility index (Phi) is 5.44. The van der Waals surface area contributed by atoms with E-state index in [0.717, 1.165) is 17.6 Å². The van der Waals surface area contributed by atoms with Crippen LogP contribution in [-0.4, -0.2) is 55.7 Å². The molecule has 2 aromatic rings. The minimum atomic E-state index is -0.352. The summed E-state index contributed by atoms with van der Waals surface area (Å²) >= 11 is 0. The number of fused-ring (bicyclic) bond motifs is 2. The maximum Gasteiger partial charge on any atom is 0.221 e. The average molecular weight is 396 g/mol. The fraction of sp³-hybridized carbons (Fsp3) is 0.318. The van der Waals surface area contributed by atoms with Gasteiger partial charge < -0.3 is 20.3 Å². The van der Waals surface area contributed by atoms with Crippen molar-refractivity contribution in [3.8, 4) is 5.75 Å². The number of anilines is 2. The van der Waals surface area contributed by atoms with Crippen molar-refractivity contribution in [1.82, 2.24) is 0 Å². The van der Waals surface area contributed by atoms with Gasteiger partial charge in [0.1, 0.15) is 18.9 Å². The highest BCUT2D eigenvalue weighted by atomic mass is 16.5. The van der Waals surface area contributed by atoms with Gasteiger partial charge >= 0.3 is 0 Å². The van der Waals surface area contributed by atoms with E-state index in [4.69, 9.17) is 10.5 Å². The summed E-state index contributed by atoms with van der Waals surface area (Å²) in [5.41, 5.74) is 7.51. The Bertz CT molecular complexity index is 1010. The molecule has 1 aliphatic rings. The van der Waals surface area contributed by atoms with Crippen molar-refractivity contribution < 1.29 is 23.6 Å². The zero-order valence-electron chi connectivity index (χ0n) is 17.2. The van der Waals surface area contributed by atoms with Crippen LogP contribution < -0.4 is 15.8 Å². The lowest BCUT2D eigenvalue weighted by Crippen LogP contribution is -2.42. The van der Waals surface area contributed by atoms with E-state index in [-0.39, 0.29) is 45.4 Å². The summed E-state index contributed by atoms with van der Waals surface area (Å²) in [6, 6.07) is 7.98. The fourth-order valence-corrected chi connectivity index (χ4v) is 3.27. The summed E-state index contributed by atoms with van der Waals surface area (Å²) in [5.74, 6) is -0.626. The lowest BCUT2D eigenvalue weighted by molar-refractivity contribution is -0.888. The number of nitrogens with zero attached hydrogens (tertiary/aromatic N) is 1. The highest BCUT2D eigenvalue weighted by Gasteiger charge is 2.34. The number of nitrogen functional groups attached to an aromatic ring is 1. The van der Waals surface area contributed by atoms with Gasteiger partial charge in [-0.25, -0.2) is 0 Å². The van der Waals surface area contributed by atoms with Gasteiger partial charge in [-0.3, -0.25) is 14.4 Å². The topological polar surface area (TPSA) is 98.5 Å². The lowest BCUT2D eigenvalue weighted by atomic mass is 9.82. The van der Waals surface area contributed by atoms with Gasteiger partial charge in [0, 0.05) is 18.1 Å². The van der Waals surface area contributed by atoms with E-state index in [1.54, 1.807) is 30.3 Å². The average Bonchev–Trinajstić information content (AvgIpc) is 2.66.